The molecule has 5 rings (SSSR count). The molecule has 2 atom stereocenters. The van der Waals surface area contributed by atoms with Gasteiger partial charge in [-0.3, -0.25) is 0 Å². The molecule has 40 heavy (non-hydrogen) atoms. The Kier molecular flexibility index (Phi) is 8.43. The maximum Gasteiger partial charge on any atom is 0.317 e. The Labute approximate surface area is 239 Å². The van der Waals surface area contributed by atoms with Gasteiger partial charge < -0.3 is 30.2 Å². The van der Waals surface area contributed by atoms with Crippen LogP contribution >= 0.6 is 0 Å². The number of benzene rings is 2. The molecule has 2 saturated heterocycles. The summed E-state index contributed by atoms with van der Waals surface area (Å²) in [7, 11) is 0. The van der Waals surface area contributed by atoms with Crippen LogP contribution < -0.4 is 20.4 Å². The van der Waals surface area contributed by atoms with Gasteiger partial charge in [-0.15, -0.1) is 0 Å². The van der Waals surface area contributed by atoms with E-state index >= 15 is 0 Å². The lowest BCUT2D eigenvalue weighted by atomic mass is 9.62. The molecule has 0 bridgehead atoms. The van der Waals surface area contributed by atoms with E-state index < -0.39 is 0 Å². The molecule has 1 aliphatic carbocycles. The number of amides is 4. The molecule has 8 nitrogen and oxygen atoms in total. The lowest BCUT2D eigenvalue weighted by Crippen LogP contribution is -2.57. The first-order valence-corrected chi connectivity index (χ1v) is 14.9. The van der Waals surface area contributed by atoms with Crippen molar-refractivity contribution in [3.8, 4) is 0 Å². The molecule has 0 radical (unpaired) electrons. The van der Waals surface area contributed by atoms with Crippen LogP contribution in [0.2, 0.25) is 0 Å². The average Bonchev–Trinajstić information content (AvgIpc) is 2.96. The predicted molar refractivity (Wildman–Crippen MR) is 162 cm³/mol. The van der Waals surface area contributed by atoms with Crippen LogP contribution in [0.4, 0.5) is 21.0 Å². The summed E-state index contributed by atoms with van der Waals surface area (Å²) in [6.07, 6.45) is 2.84. The van der Waals surface area contributed by atoms with Crippen LogP contribution in [0.1, 0.15) is 40.0 Å². The van der Waals surface area contributed by atoms with Gasteiger partial charge in [-0.1, -0.05) is 57.2 Å². The third kappa shape index (κ3) is 7.01. The van der Waals surface area contributed by atoms with Crippen LogP contribution in [0.3, 0.4) is 0 Å². The second kappa shape index (κ2) is 12.0. The summed E-state index contributed by atoms with van der Waals surface area (Å²) in [4.78, 5) is 34.9. The zero-order valence-electron chi connectivity index (χ0n) is 24.4. The summed E-state index contributed by atoms with van der Waals surface area (Å²) in [5.41, 5.74) is 2.44. The lowest BCUT2D eigenvalue weighted by molar-refractivity contribution is 0.0705. The van der Waals surface area contributed by atoms with E-state index in [1.165, 1.54) is 11.4 Å². The van der Waals surface area contributed by atoms with Crippen molar-refractivity contribution in [3.63, 3.8) is 0 Å². The molecular formula is C32H46N6O2. The highest BCUT2D eigenvalue weighted by Crippen LogP contribution is 2.45. The van der Waals surface area contributed by atoms with Gasteiger partial charge in [0.1, 0.15) is 0 Å². The highest BCUT2D eigenvalue weighted by Gasteiger charge is 2.42. The smallest absolute Gasteiger partial charge is 0.317 e. The number of rotatable bonds is 5. The van der Waals surface area contributed by atoms with Gasteiger partial charge in [-0.2, -0.15) is 0 Å². The minimum Gasteiger partial charge on any atom is -0.368 e. The molecule has 0 spiro atoms. The summed E-state index contributed by atoms with van der Waals surface area (Å²) in [6, 6.07) is 21.0. The summed E-state index contributed by atoms with van der Waals surface area (Å²) >= 11 is 0. The van der Waals surface area contributed by atoms with Crippen molar-refractivity contribution >= 4 is 23.4 Å². The molecule has 216 valence electrons. The van der Waals surface area contributed by atoms with Gasteiger partial charge >= 0.3 is 12.1 Å². The Morgan fingerprint density at radius 1 is 0.700 bits per heavy atom. The standard InChI is InChI=1S/C32H46N6O2/c1-31(2)22-26(34-30(40)38-20-16-36(17-21-38)28-12-8-5-9-13-28)23-32(3,24-31)25-33-29(39)37-18-14-35(15-19-37)27-10-6-4-7-11-27/h4-13,26H,14-25H2,1-3H3,(H,33,39)(H,34,40)/t26-,32+/m1/s1. The SMILES string of the molecule is CC1(C)C[C@@H](NC(=O)N2CCN(c3ccccc3)CC2)C[C@](C)(CNC(=O)N2CCN(c3ccccc3)CC2)C1. The third-order valence-electron chi connectivity index (χ3n) is 8.81. The molecule has 1 saturated carbocycles. The molecule has 8 heteroatoms. The fourth-order valence-electron chi connectivity index (χ4n) is 7.15. The van der Waals surface area contributed by atoms with Crippen LogP contribution in [0.5, 0.6) is 0 Å². The Morgan fingerprint density at radius 2 is 1.18 bits per heavy atom. The first-order chi connectivity index (χ1) is 19.2. The van der Waals surface area contributed by atoms with Crippen LogP contribution in [-0.4, -0.2) is 86.8 Å². The molecule has 0 aromatic heterocycles. The Balaban J connectivity index is 1.10. The number of nitrogens with zero attached hydrogens (tertiary/aromatic N) is 4. The fraction of sp³-hybridized carbons (Fsp3) is 0.562. The van der Waals surface area contributed by atoms with Crippen molar-refractivity contribution in [2.75, 3.05) is 68.7 Å². The molecule has 2 aromatic carbocycles. The molecule has 3 fully saturated rings. The van der Waals surface area contributed by atoms with Crippen LogP contribution in [0.25, 0.3) is 0 Å². The first kappa shape index (κ1) is 28.1. The van der Waals surface area contributed by atoms with E-state index in [2.05, 4.69) is 89.7 Å². The van der Waals surface area contributed by atoms with Gasteiger partial charge in [-0.25, -0.2) is 9.59 Å². The first-order valence-electron chi connectivity index (χ1n) is 14.9. The molecule has 2 N–H and O–H groups in total. The Hall–Kier alpha value is -3.42. The van der Waals surface area contributed by atoms with Crippen LogP contribution in [-0.2, 0) is 0 Å². The summed E-state index contributed by atoms with van der Waals surface area (Å²) in [5.74, 6) is 0. The van der Waals surface area contributed by atoms with Crippen molar-refractivity contribution in [1.29, 1.82) is 0 Å². The highest BCUT2D eigenvalue weighted by atomic mass is 16.2. The molecule has 3 aliphatic rings. The monoisotopic (exact) mass is 546 g/mol. The summed E-state index contributed by atoms with van der Waals surface area (Å²) in [5, 5.41) is 6.62. The number of hydrogen-bond acceptors (Lipinski definition) is 4. The summed E-state index contributed by atoms with van der Waals surface area (Å²) in [6.45, 7) is 13.7. The van der Waals surface area contributed by atoms with E-state index in [1.54, 1.807) is 0 Å². The second-order valence-electron chi connectivity index (χ2n) is 13.0. The number of urea groups is 2. The Bertz CT molecular complexity index is 1130. The van der Waals surface area contributed by atoms with Crippen LogP contribution in [0, 0.1) is 10.8 Å². The topological polar surface area (TPSA) is 71.2 Å². The molecule has 2 heterocycles. The molecule has 2 aromatic rings. The fourth-order valence-corrected chi connectivity index (χ4v) is 7.15. The summed E-state index contributed by atoms with van der Waals surface area (Å²) < 4.78 is 0. The molecule has 2 aliphatic heterocycles. The van der Waals surface area contributed by atoms with Crippen molar-refractivity contribution < 1.29 is 9.59 Å². The maximum atomic E-state index is 13.2. The lowest BCUT2D eigenvalue weighted by Gasteiger charge is -2.47. The van der Waals surface area contributed by atoms with Gasteiger partial charge in [-0.05, 0) is 54.4 Å². The van der Waals surface area contributed by atoms with Gasteiger partial charge in [0.15, 0.2) is 0 Å². The number of hydrogen-bond donors (Lipinski definition) is 2. The quantitative estimate of drug-likeness (QED) is 0.574. The third-order valence-corrected chi connectivity index (χ3v) is 8.81. The average molecular weight is 547 g/mol. The molecular weight excluding hydrogens is 500 g/mol. The number of para-hydroxylation sites is 2. The van der Waals surface area contributed by atoms with Crippen molar-refractivity contribution in [1.82, 2.24) is 20.4 Å². The van der Waals surface area contributed by atoms with E-state index in [0.717, 1.165) is 71.6 Å². The predicted octanol–water partition coefficient (Wildman–Crippen LogP) is 4.64. The number of nitrogens with one attached hydrogen (secondary N) is 2. The number of carbonyl (C=O) groups excluding carboxylic acids is 2. The van der Waals surface area contributed by atoms with Crippen molar-refractivity contribution in [3.05, 3.63) is 60.7 Å². The van der Waals surface area contributed by atoms with E-state index in [-0.39, 0.29) is 28.9 Å². The van der Waals surface area contributed by atoms with E-state index in [4.69, 9.17) is 0 Å². The largest absolute Gasteiger partial charge is 0.368 e. The van der Waals surface area contributed by atoms with Gasteiger partial charge in [0.25, 0.3) is 0 Å². The van der Waals surface area contributed by atoms with E-state index in [1.807, 2.05) is 21.9 Å². The number of anilines is 2. The zero-order valence-corrected chi connectivity index (χ0v) is 24.4. The van der Waals surface area contributed by atoms with Crippen molar-refractivity contribution in [2.45, 2.75) is 46.1 Å². The van der Waals surface area contributed by atoms with E-state index in [0.29, 0.717) is 6.54 Å². The van der Waals surface area contributed by atoms with Crippen LogP contribution in [0.15, 0.2) is 60.7 Å². The Morgan fingerprint density at radius 3 is 1.68 bits per heavy atom. The molecule has 0 unspecified atom stereocenters. The van der Waals surface area contributed by atoms with Gasteiger partial charge in [0.2, 0.25) is 0 Å². The second-order valence-corrected chi connectivity index (χ2v) is 13.0. The minimum absolute atomic E-state index is 0.0224. The van der Waals surface area contributed by atoms with Crippen molar-refractivity contribution in [2.24, 2.45) is 10.8 Å². The number of carbonyl (C=O) groups is 2. The minimum atomic E-state index is -0.0762. The highest BCUT2D eigenvalue weighted by molar-refractivity contribution is 5.75. The maximum absolute atomic E-state index is 13.2. The number of piperazine rings is 2. The molecule has 4 amide bonds. The normalized spacial score (nSPS) is 24.9. The van der Waals surface area contributed by atoms with Gasteiger partial charge in [0.05, 0.1) is 0 Å². The van der Waals surface area contributed by atoms with E-state index in [9.17, 15) is 9.59 Å². The van der Waals surface area contributed by atoms with Gasteiger partial charge in [0, 0.05) is 76.3 Å². The zero-order chi connectivity index (χ0) is 28.2.